The molecule has 0 unspecified atom stereocenters. The van der Waals surface area contributed by atoms with Crippen molar-refractivity contribution in [2.75, 3.05) is 18.5 Å². The average molecular weight is 280 g/mol. The lowest BCUT2D eigenvalue weighted by Crippen LogP contribution is -2.31. The van der Waals surface area contributed by atoms with Gasteiger partial charge < -0.3 is 5.43 Å². The van der Waals surface area contributed by atoms with Crippen molar-refractivity contribution in [3.05, 3.63) is 38.4 Å². The van der Waals surface area contributed by atoms with E-state index in [1.54, 1.807) is 0 Å². The Bertz CT molecular complexity index is 512. The molecule has 0 atom stereocenters. The Kier molecular flexibility index (Phi) is 4.46. The van der Waals surface area contributed by atoms with Crippen molar-refractivity contribution in [2.24, 2.45) is 0 Å². The first-order valence-electron chi connectivity index (χ1n) is 6.52. The van der Waals surface area contributed by atoms with Gasteiger partial charge in [-0.2, -0.15) is 0 Å². The molecule has 8 nitrogen and oxygen atoms in total. The average Bonchev–Trinajstić information content (AvgIpc) is 2.67. The van der Waals surface area contributed by atoms with Crippen molar-refractivity contribution < 1.29 is 9.85 Å². The summed E-state index contributed by atoms with van der Waals surface area (Å²) in [4.78, 5) is 20.5. The van der Waals surface area contributed by atoms with Crippen LogP contribution in [0.3, 0.4) is 0 Å². The highest BCUT2D eigenvalue weighted by Gasteiger charge is 2.21. The lowest BCUT2D eigenvalue weighted by Gasteiger charge is -2.21. The molecule has 1 aliphatic heterocycles. The molecule has 1 aromatic rings. The Labute approximate surface area is 115 Å². The molecule has 0 saturated carbocycles. The quantitative estimate of drug-likeness (QED) is 0.672. The summed E-state index contributed by atoms with van der Waals surface area (Å²) in [7, 11) is 0. The van der Waals surface area contributed by atoms with Gasteiger partial charge in [0.1, 0.15) is 5.69 Å². The number of benzene rings is 1. The fourth-order valence-electron chi connectivity index (χ4n) is 2.23. The Morgan fingerprint density at radius 1 is 1.00 bits per heavy atom. The number of hydrogen-bond acceptors (Lipinski definition) is 6. The zero-order chi connectivity index (χ0) is 14.5. The standard InChI is InChI=1S/C12H16N4O4/c17-15(18)10-5-6-11(12(9-10)16(19)20)13-14-7-3-1-2-4-8-14/h5-6,9,13H,1-4,7-8H2. The van der Waals surface area contributed by atoms with E-state index in [4.69, 9.17) is 0 Å². The number of nitrogens with one attached hydrogen (secondary N) is 1. The third-order valence-corrected chi connectivity index (χ3v) is 3.27. The minimum atomic E-state index is -0.636. The molecule has 0 aliphatic carbocycles. The van der Waals surface area contributed by atoms with Crippen molar-refractivity contribution in [1.29, 1.82) is 0 Å². The minimum Gasteiger partial charge on any atom is -0.313 e. The van der Waals surface area contributed by atoms with Gasteiger partial charge in [0.05, 0.1) is 15.9 Å². The highest BCUT2D eigenvalue weighted by molar-refractivity contribution is 5.64. The highest BCUT2D eigenvalue weighted by atomic mass is 16.6. The first-order chi connectivity index (χ1) is 9.58. The lowest BCUT2D eigenvalue weighted by atomic mass is 10.2. The number of nitro benzene ring substituents is 2. The van der Waals surface area contributed by atoms with Gasteiger partial charge in [0.2, 0.25) is 0 Å². The van der Waals surface area contributed by atoms with E-state index in [9.17, 15) is 20.2 Å². The highest BCUT2D eigenvalue weighted by Crippen LogP contribution is 2.29. The summed E-state index contributed by atoms with van der Waals surface area (Å²) in [5.74, 6) is 0. The van der Waals surface area contributed by atoms with Gasteiger partial charge in [0.15, 0.2) is 0 Å². The largest absolute Gasteiger partial charge is 0.313 e. The van der Waals surface area contributed by atoms with Gasteiger partial charge in [-0.05, 0) is 18.9 Å². The summed E-state index contributed by atoms with van der Waals surface area (Å²) < 4.78 is 0. The molecule has 0 radical (unpaired) electrons. The number of hydrazine groups is 1. The first kappa shape index (κ1) is 14.2. The van der Waals surface area contributed by atoms with Crippen molar-refractivity contribution >= 4 is 17.1 Å². The molecule has 1 aliphatic rings. The van der Waals surface area contributed by atoms with E-state index >= 15 is 0 Å². The summed E-state index contributed by atoms with van der Waals surface area (Å²) >= 11 is 0. The van der Waals surface area contributed by atoms with Gasteiger partial charge >= 0.3 is 5.69 Å². The third-order valence-electron chi connectivity index (χ3n) is 3.27. The second kappa shape index (κ2) is 6.29. The zero-order valence-corrected chi connectivity index (χ0v) is 10.9. The van der Waals surface area contributed by atoms with Crippen molar-refractivity contribution in [1.82, 2.24) is 5.01 Å². The second-order valence-electron chi connectivity index (χ2n) is 4.73. The molecule has 0 bridgehead atoms. The number of anilines is 1. The summed E-state index contributed by atoms with van der Waals surface area (Å²) in [5.41, 5.74) is 2.75. The van der Waals surface area contributed by atoms with Crippen LogP contribution < -0.4 is 5.43 Å². The third kappa shape index (κ3) is 3.41. The van der Waals surface area contributed by atoms with E-state index < -0.39 is 9.85 Å². The van der Waals surface area contributed by atoms with Crippen LogP contribution in [-0.2, 0) is 0 Å². The molecule has 0 spiro atoms. The van der Waals surface area contributed by atoms with E-state index in [-0.39, 0.29) is 11.4 Å². The number of hydrogen-bond donors (Lipinski definition) is 1. The summed E-state index contributed by atoms with van der Waals surface area (Å²) in [5, 5.41) is 23.6. The molecule has 8 heteroatoms. The Balaban J connectivity index is 2.21. The van der Waals surface area contributed by atoms with E-state index in [0.717, 1.165) is 44.8 Å². The van der Waals surface area contributed by atoms with Crippen LogP contribution in [0.5, 0.6) is 0 Å². The zero-order valence-electron chi connectivity index (χ0n) is 10.9. The Hall–Kier alpha value is -2.22. The van der Waals surface area contributed by atoms with Crippen LogP contribution in [0.25, 0.3) is 0 Å². The van der Waals surface area contributed by atoms with Gasteiger partial charge in [-0.3, -0.25) is 20.2 Å². The number of nitro groups is 2. The maximum Gasteiger partial charge on any atom is 0.300 e. The van der Waals surface area contributed by atoms with Gasteiger partial charge in [0, 0.05) is 19.2 Å². The number of nitrogens with zero attached hydrogens (tertiary/aromatic N) is 3. The van der Waals surface area contributed by atoms with Crippen LogP contribution in [0.4, 0.5) is 17.1 Å². The molecule has 1 aromatic carbocycles. The molecule has 108 valence electrons. The molecule has 1 heterocycles. The van der Waals surface area contributed by atoms with Gasteiger partial charge in [-0.25, -0.2) is 5.01 Å². The van der Waals surface area contributed by atoms with Crippen LogP contribution in [0.2, 0.25) is 0 Å². The fourth-order valence-corrected chi connectivity index (χ4v) is 2.23. The predicted molar refractivity (Wildman–Crippen MR) is 73.4 cm³/mol. The molecule has 0 amide bonds. The Morgan fingerprint density at radius 3 is 2.20 bits per heavy atom. The molecule has 1 N–H and O–H groups in total. The van der Waals surface area contributed by atoms with Crippen LogP contribution in [0, 0.1) is 20.2 Å². The molecular formula is C12H16N4O4. The molecule has 0 aromatic heterocycles. The monoisotopic (exact) mass is 280 g/mol. The topological polar surface area (TPSA) is 102 Å². The minimum absolute atomic E-state index is 0.275. The maximum absolute atomic E-state index is 11.0. The smallest absolute Gasteiger partial charge is 0.300 e. The first-order valence-corrected chi connectivity index (χ1v) is 6.52. The van der Waals surface area contributed by atoms with Crippen molar-refractivity contribution in [2.45, 2.75) is 25.7 Å². The molecule has 1 saturated heterocycles. The van der Waals surface area contributed by atoms with E-state index in [2.05, 4.69) is 5.43 Å². The van der Waals surface area contributed by atoms with Crippen LogP contribution in [0.15, 0.2) is 18.2 Å². The van der Waals surface area contributed by atoms with Gasteiger partial charge in [0.25, 0.3) is 5.69 Å². The normalized spacial score (nSPS) is 16.4. The molecular weight excluding hydrogens is 264 g/mol. The van der Waals surface area contributed by atoms with Gasteiger partial charge in [-0.1, -0.05) is 12.8 Å². The van der Waals surface area contributed by atoms with Crippen LogP contribution >= 0.6 is 0 Å². The van der Waals surface area contributed by atoms with Crippen molar-refractivity contribution in [3.63, 3.8) is 0 Å². The molecule has 1 fully saturated rings. The van der Waals surface area contributed by atoms with Crippen LogP contribution in [0.1, 0.15) is 25.7 Å². The number of non-ortho nitro benzene ring substituents is 1. The SMILES string of the molecule is O=[N+]([O-])c1ccc(NN2CCCCCC2)c([N+](=O)[O-])c1. The molecule has 2 rings (SSSR count). The van der Waals surface area contributed by atoms with E-state index in [0.29, 0.717) is 5.69 Å². The van der Waals surface area contributed by atoms with Crippen molar-refractivity contribution in [3.8, 4) is 0 Å². The summed E-state index contributed by atoms with van der Waals surface area (Å²) in [6.07, 6.45) is 4.38. The van der Waals surface area contributed by atoms with Crippen LogP contribution in [-0.4, -0.2) is 27.9 Å². The maximum atomic E-state index is 11.0. The summed E-state index contributed by atoms with van der Waals surface area (Å²) in [6.45, 7) is 1.63. The number of rotatable bonds is 4. The second-order valence-corrected chi connectivity index (χ2v) is 4.73. The summed E-state index contributed by atoms with van der Waals surface area (Å²) in [6, 6.07) is 3.65. The van der Waals surface area contributed by atoms with E-state index in [1.807, 2.05) is 5.01 Å². The predicted octanol–water partition coefficient (Wildman–Crippen LogP) is 2.71. The Morgan fingerprint density at radius 2 is 1.65 bits per heavy atom. The fraction of sp³-hybridized carbons (Fsp3) is 0.500. The molecule has 20 heavy (non-hydrogen) atoms. The lowest BCUT2D eigenvalue weighted by molar-refractivity contribution is -0.393. The van der Waals surface area contributed by atoms with E-state index in [1.165, 1.54) is 12.1 Å². The van der Waals surface area contributed by atoms with Gasteiger partial charge in [-0.15, -0.1) is 0 Å².